The highest BCUT2D eigenvalue weighted by Gasteiger charge is 2.13. The first-order valence-corrected chi connectivity index (χ1v) is 6.27. The van der Waals surface area contributed by atoms with Crippen LogP contribution < -0.4 is 11.1 Å². The molecule has 0 bridgehead atoms. The number of carbonyl (C=O) groups is 1. The predicted octanol–water partition coefficient (Wildman–Crippen LogP) is 3.35. The van der Waals surface area contributed by atoms with Crippen LogP contribution in [0, 0.1) is 18.3 Å². The van der Waals surface area contributed by atoms with Crippen LogP contribution in [0.3, 0.4) is 0 Å². The number of amides is 1. The zero-order valence-corrected chi connectivity index (χ0v) is 11.5. The largest absolute Gasteiger partial charge is 0.398 e. The molecule has 20 heavy (non-hydrogen) atoms. The molecule has 0 saturated carbocycles. The Hall–Kier alpha value is -2.51. The highest BCUT2D eigenvalue weighted by molar-refractivity contribution is 6.31. The molecule has 1 amide bonds. The minimum Gasteiger partial charge on any atom is -0.398 e. The lowest BCUT2D eigenvalue weighted by atomic mass is 10.1. The van der Waals surface area contributed by atoms with E-state index in [1.165, 1.54) is 6.07 Å². The van der Waals surface area contributed by atoms with E-state index in [4.69, 9.17) is 22.6 Å². The normalized spacial score (nSPS) is 9.85. The number of nitrogens with two attached hydrogens (primary N) is 1. The van der Waals surface area contributed by atoms with Crippen LogP contribution in [0.25, 0.3) is 0 Å². The maximum Gasteiger partial charge on any atom is 0.257 e. The lowest BCUT2D eigenvalue weighted by Crippen LogP contribution is -2.15. The molecule has 0 aromatic heterocycles. The third kappa shape index (κ3) is 2.73. The van der Waals surface area contributed by atoms with E-state index >= 15 is 0 Å². The number of nitriles is 1. The first kappa shape index (κ1) is 13.9. The van der Waals surface area contributed by atoms with Crippen molar-refractivity contribution in [2.45, 2.75) is 6.92 Å². The molecule has 0 heterocycles. The Kier molecular flexibility index (Phi) is 3.92. The Labute approximate surface area is 121 Å². The number of rotatable bonds is 2. The molecule has 0 aliphatic carbocycles. The van der Waals surface area contributed by atoms with E-state index in [1.54, 1.807) is 24.3 Å². The number of carbonyl (C=O) groups excluding carboxylic acids is 1. The fraction of sp³-hybridized carbons (Fsp3) is 0.0667. The third-order valence-corrected chi connectivity index (χ3v) is 3.15. The van der Waals surface area contributed by atoms with Crippen molar-refractivity contribution in [3.05, 3.63) is 58.1 Å². The van der Waals surface area contributed by atoms with Crippen molar-refractivity contribution in [3.8, 4) is 6.07 Å². The molecular formula is C15H12ClN3O. The molecule has 2 rings (SSSR count). The molecule has 5 heteroatoms. The molecule has 2 aromatic rings. The standard InChI is InChI=1S/C15H12ClN3O/c1-9-3-2-4-12(14(9)18)15(20)19-13-7-11(16)6-5-10(13)8-17/h2-7H,18H2,1H3,(H,19,20). The van der Waals surface area contributed by atoms with Gasteiger partial charge in [0.25, 0.3) is 5.91 Å². The quantitative estimate of drug-likeness (QED) is 0.831. The van der Waals surface area contributed by atoms with Gasteiger partial charge in [0.1, 0.15) is 6.07 Å². The molecule has 4 nitrogen and oxygen atoms in total. The van der Waals surface area contributed by atoms with Gasteiger partial charge < -0.3 is 11.1 Å². The smallest absolute Gasteiger partial charge is 0.257 e. The van der Waals surface area contributed by atoms with Gasteiger partial charge in [-0.1, -0.05) is 23.7 Å². The SMILES string of the molecule is Cc1cccc(C(=O)Nc2cc(Cl)ccc2C#N)c1N. The third-order valence-electron chi connectivity index (χ3n) is 2.92. The van der Waals surface area contributed by atoms with Gasteiger partial charge >= 0.3 is 0 Å². The van der Waals surface area contributed by atoms with Crippen molar-refractivity contribution in [2.24, 2.45) is 0 Å². The molecular weight excluding hydrogens is 274 g/mol. The molecule has 0 radical (unpaired) electrons. The molecule has 0 spiro atoms. The molecule has 0 unspecified atom stereocenters. The van der Waals surface area contributed by atoms with Crippen LogP contribution in [0.4, 0.5) is 11.4 Å². The van der Waals surface area contributed by atoms with E-state index in [9.17, 15) is 4.79 Å². The second-order valence-corrected chi connectivity index (χ2v) is 4.73. The Morgan fingerprint density at radius 1 is 1.35 bits per heavy atom. The first-order chi connectivity index (χ1) is 9.52. The van der Waals surface area contributed by atoms with Crippen LogP contribution in [0.1, 0.15) is 21.5 Å². The van der Waals surface area contributed by atoms with Crippen molar-refractivity contribution < 1.29 is 4.79 Å². The van der Waals surface area contributed by atoms with Crippen LogP contribution >= 0.6 is 11.6 Å². The summed E-state index contributed by atoms with van der Waals surface area (Å²) in [6.07, 6.45) is 0. The Bertz CT molecular complexity index is 720. The number of nitrogens with zero attached hydrogens (tertiary/aromatic N) is 1. The van der Waals surface area contributed by atoms with Crippen molar-refractivity contribution in [2.75, 3.05) is 11.1 Å². The van der Waals surface area contributed by atoms with Gasteiger partial charge in [-0.05, 0) is 36.8 Å². The van der Waals surface area contributed by atoms with Gasteiger partial charge in [-0.3, -0.25) is 4.79 Å². The molecule has 0 atom stereocenters. The Morgan fingerprint density at radius 3 is 2.80 bits per heavy atom. The average Bonchev–Trinajstić information content (AvgIpc) is 2.42. The maximum atomic E-state index is 12.2. The zero-order chi connectivity index (χ0) is 14.7. The van der Waals surface area contributed by atoms with Crippen LogP contribution in [0.15, 0.2) is 36.4 Å². The van der Waals surface area contributed by atoms with Crippen LogP contribution in [0.5, 0.6) is 0 Å². The second kappa shape index (κ2) is 5.64. The lowest BCUT2D eigenvalue weighted by molar-refractivity contribution is 0.102. The minimum absolute atomic E-state index is 0.342. The summed E-state index contributed by atoms with van der Waals surface area (Å²) in [7, 11) is 0. The summed E-state index contributed by atoms with van der Waals surface area (Å²) in [4.78, 5) is 12.2. The van der Waals surface area contributed by atoms with Gasteiger partial charge in [0.15, 0.2) is 0 Å². The van der Waals surface area contributed by atoms with E-state index in [-0.39, 0.29) is 5.91 Å². The number of nitrogens with one attached hydrogen (secondary N) is 1. The summed E-state index contributed by atoms with van der Waals surface area (Å²) in [6.45, 7) is 1.83. The van der Waals surface area contributed by atoms with E-state index in [1.807, 2.05) is 19.1 Å². The van der Waals surface area contributed by atoms with Crippen molar-refractivity contribution >= 4 is 28.9 Å². The fourth-order valence-corrected chi connectivity index (χ4v) is 1.96. The van der Waals surface area contributed by atoms with Crippen molar-refractivity contribution in [3.63, 3.8) is 0 Å². The monoisotopic (exact) mass is 285 g/mol. The van der Waals surface area contributed by atoms with Crippen LogP contribution in [-0.4, -0.2) is 5.91 Å². The molecule has 0 saturated heterocycles. The van der Waals surface area contributed by atoms with Gasteiger partial charge in [0.05, 0.1) is 16.8 Å². The summed E-state index contributed by atoms with van der Waals surface area (Å²) in [5.41, 5.74) is 8.21. The second-order valence-electron chi connectivity index (χ2n) is 4.29. The number of benzene rings is 2. The first-order valence-electron chi connectivity index (χ1n) is 5.89. The van der Waals surface area contributed by atoms with Crippen LogP contribution in [-0.2, 0) is 0 Å². The molecule has 100 valence electrons. The minimum atomic E-state index is -0.370. The summed E-state index contributed by atoms with van der Waals surface area (Å²) < 4.78 is 0. The van der Waals surface area contributed by atoms with Gasteiger partial charge in [0, 0.05) is 10.7 Å². The average molecular weight is 286 g/mol. The number of para-hydroxylation sites is 1. The zero-order valence-electron chi connectivity index (χ0n) is 10.8. The van der Waals surface area contributed by atoms with E-state index in [2.05, 4.69) is 5.32 Å². The predicted molar refractivity (Wildman–Crippen MR) is 79.7 cm³/mol. The lowest BCUT2D eigenvalue weighted by Gasteiger charge is -2.10. The summed E-state index contributed by atoms with van der Waals surface area (Å²) >= 11 is 5.87. The molecule has 0 aliphatic heterocycles. The van der Waals surface area contributed by atoms with E-state index < -0.39 is 0 Å². The number of aryl methyl sites for hydroxylation is 1. The highest BCUT2D eigenvalue weighted by Crippen LogP contribution is 2.23. The summed E-state index contributed by atoms with van der Waals surface area (Å²) in [6, 6.07) is 11.9. The molecule has 0 aliphatic rings. The topological polar surface area (TPSA) is 78.9 Å². The van der Waals surface area contributed by atoms with Crippen LogP contribution in [0.2, 0.25) is 5.02 Å². The maximum absolute atomic E-state index is 12.2. The van der Waals surface area contributed by atoms with Gasteiger partial charge in [-0.25, -0.2) is 0 Å². The summed E-state index contributed by atoms with van der Waals surface area (Å²) in [5.74, 6) is -0.370. The molecule has 0 fully saturated rings. The number of halogens is 1. The highest BCUT2D eigenvalue weighted by atomic mass is 35.5. The number of anilines is 2. The number of hydrogen-bond donors (Lipinski definition) is 2. The van der Waals surface area contributed by atoms with Gasteiger partial charge in [-0.15, -0.1) is 0 Å². The van der Waals surface area contributed by atoms with E-state index in [0.29, 0.717) is 27.5 Å². The van der Waals surface area contributed by atoms with Gasteiger partial charge in [0.2, 0.25) is 0 Å². The van der Waals surface area contributed by atoms with E-state index in [0.717, 1.165) is 5.56 Å². The number of hydrogen-bond acceptors (Lipinski definition) is 3. The Morgan fingerprint density at radius 2 is 2.10 bits per heavy atom. The summed E-state index contributed by atoms with van der Waals surface area (Å²) in [5, 5.41) is 12.1. The fourth-order valence-electron chi connectivity index (χ4n) is 1.79. The van der Waals surface area contributed by atoms with Crippen molar-refractivity contribution in [1.29, 1.82) is 5.26 Å². The van der Waals surface area contributed by atoms with Gasteiger partial charge in [-0.2, -0.15) is 5.26 Å². The molecule has 2 aromatic carbocycles. The van der Waals surface area contributed by atoms with Crippen molar-refractivity contribution in [1.82, 2.24) is 0 Å². The Balaban J connectivity index is 2.35. The molecule has 3 N–H and O–H groups in total. The number of nitrogen functional groups attached to an aromatic ring is 1.